The molecule has 0 heterocycles. The lowest BCUT2D eigenvalue weighted by molar-refractivity contribution is 0.0593. The minimum atomic E-state index is -0.786. The van der Waals surface area contributed by atoms with Crippen LogP contribution in [0.2, 0.25) is 0 Å². The first-order valence-corrected chi connectivity index (χ1v) is 7.31. The van der Waals surface area contributed by atoms with Crippen LogP contribution in [0, 0.1) is 11.6 Å². The molecule has 1 N–H and O–H groups in total. The van der Waals surface area contributed by atoms with Gasteiger partial charge < -0.3 is 10.2 Å². The van der Waals surface area contributed by atoms with Gasteiger partial charge in [0.1, 0.15) is 0 Å². The van der Waals surface area contributed by atoms with E-state index < -0.39 is 11.6 Å². The third-order valence-corrected chi connectivity index (χ3v) is 4.71. The van der Waals surface area contributed by atoms with Crippen molar-refractivity contribution in [3.05, 3.63) is 35.4 Å². The van der Waals surface area contributed by atoms with E-state index in [9.17, 15) is 8.78 Å². The summed E-state index contributed by atoms with van der Waals surface area (Å²) in [5, 5.41) is 3.33. The summed E-state index contributed by atoms with van der Waals surface area (Å²) in [4.78, 5) is 2.24. The first-order valence-electron chi connectivity index (χ1n) is 7.31. The molecule has 2 nitrogen and oxygen atoms in total. The van der Waals surface area contributed by atoms with Crippen LogP contribution in [0.4, 0.5) is 8.78 Å². The molecule has 0 aliphatic heterocycles. The van der Waals surface area contributed by atoms with Gasteiger partial charge >= 0.3 is 0 Å². The predicted octanol–water partition coefficient (Wildman–Crippen LogP) is 3.49. The Morgan fingerprint density at radius 1 is 1.10 bits per heavy atom. The first-order chi connectivity index (χ1) is 9.51. The van der Waals surface area contributed by atoms with Crippen LogP contribution in [-0.4, -0.2) is 31.6 Å². The van der Waals surface area contributed by atoms with Crippen molar-refractivity contribution in [1.82, 2.24) is 10.2 Å². The van der Waals surface area contributed by atoms with Crippen LogP contribution in [0.15, 0.2) is 18.2 Å². The van der Waals surface area contributed by atoms with E-state index in [1.165, 1.54) is 31.4 Å². The summed E-state index contributed by atoms with van der Waals surface area (Å²) >= 11 is 0. The molecule has 0 amide bonds. The summed E-state index contributed by atoms with van der Waals surface area (Å²) in [5.74, 6) is -1.56. The molecular weight excluding hydrogens is 258 g/mol. The van der Waals surface area contributed by atoms with Gasteiger partial charge in [-0.3, -0.25) is 0 Å². The molecule has 1 fully saturated rings. The highest BCUT2D eigenvalue weighted by Gasteiger charge is 2.41. The van der Waals surface area contributed by atoms with E-state index in [-0.39, 0.29) is 11.6 Å². The van der Waals surface area contributed by atoms with Gasteiger partial charge in [0.05, 0.1) is 6.04 Å². The molecule has 2 rings (SSSR count). The Labute approximate surface area is 120 Å². The van der Waals surface area contributed by atoms with Crippen LogP contribution in [0.25, 0.3) is 0 Å². The Bertz CT molecular complexity index is 454. The van der Waals surface area contributed by atoms with Gasteiger partial charge in [-0.15, -0.1) is 0 Å². The van der Waals surface area contributed by atoms with Gasteiger partial charge in [-0.1, -0.05) is 25.3 Å². The zero-order valence-electron chi connectivity index (χ0n) is 12.5. The molecular formula is C16H24F2N2. The Morgan fingerprint density at radius 2 is 1.75 bits per heavy atom. The second kappa shape index (κ2) is 6.19. The molecule has 0 bridgehead atoms. The van der Waals surface area contributed by atoms with Gasteiger partial charge in [-0.2, -0.15) is 0 Å². The zero-order chi connectivity index (χ0) is 14.8. The normalized spacial score (nSPS) is 20.1. The highest BCUT2D eigenvalue weighted by atomic mass is 19.2. The average molecular weight is 282 g/mol. The lowest BCUT2D eigenvalue weighted by atomic mass is 9.73. The minimum absolute atomic E-state index is 0.00731. The maximum Gasteiger partial charge on any atom is 0.159 e. The van der Waals surface area contributed by atoms with Crippen LogP contribution >= 0.6 is 0 Å². The number of halogens is 2. The Morgan fingerprint density at radius 3 is 2.25 bits per heavy atom. The topological polar surface area (TPSA) is 15.3 Å². The van der Waals surface area contributed by atoms with E-state index >= 15 is 0 Å². The fourth-order valence-corrected chi connectivity index (χ4v) is 3.60. The lowest BCUT2D eigenvalue weighted by Gasteiger charge is -2.48. The molecule has 112 valence electrons. The van der Waals surface area contributed by atoms with Crippen molar-refractivity contribution in [2.24, 2.45) is 0 Å². The standard InChI is InChI=1S/C16H24F2N2/c1-19-15(12-7-8-13(17)14(18)11-12)16(20(2)3)9-5-4-6-10-16/h7-8,11,15,19H,4-6,9-10H2,1-3H3. The molecule has 1 aliphatic carbocycles. The highest BCUT2D eigenvalue weighted by molar-refractivity contribution is 5.25. The maximum atomic E-state index is 13.6. The number of likely N-dealkylation sites (N-methyl/N-ethyl adjacent to an activating group) is 2. The number of hydrogen-bond donors (Lipinski definition) is 1. The summed E-state index contributed by atoms with van der Waals surface area (Å²) < 4.78 is 26.7. The Kier molecular flexibility index (Phi) is 4.76. The molecule has 4 heteroatoms. The van der Waals surface area contributed by atoms with E-state index in [0.29, 0.717) is 0 Å². The van der Waals surface area contributed by atoms with Gasteiger partial charge in [-0.05, 0) is 51.7 Å². The molecule has 20 heavy (non-hydrogen) atoms. The van der Waals surface area contributed by atoms with Crippen molar-refractivity contribution in [3.63, 3.8) is 0 Å². The fourth-order valence-electron chi connectivity index (χ4n) is 3.60. The molecule has 1 aliphatic rings. The molecule has 1 unspecified atom stereocenters. The van der Waals surface area contributed by atoms with Gasteiger partial charge in [-0.25, -0.2) is 8.78 Å². The van der Waals surface area contributed by atoms with Crippen LogP contribution in [0.3, 0.4) is 0 Å². The van der Waals surface area contributed by atoms with Crippen LogP contribution in [0.5, 0.6) is 0 Å². The third-order valence-electron chi connectivity index (χ3n) is 4.71. The largest absolute Gasteiger partial charge is 0.311 e. The third kappa shape index (κ3) is 2.72. The van der Waals surface area contributed by atoms with Crippen LogP contribution in [0.1, 0.15) is 43.7 Å². The summed E-state index contributed by atoms with van der Waals surface area (Å²) in [6, 6.07) is 4.25. The molecule has 0 aromatic heterocycles. The predicted molar refractivity (Wildman–Crippen MR) is 77.7 cm³/mol. The van der Waals surface area contributed by atoms with Crippen molar-refractivity contribution in [2.45, 2.75) is 43.7 Å². The molecule has 0 saturated heterocycles. The Hall–Kier alpha value is -1.00. The van der Waals surface area contributed by atoms with E-state index in [1.807, 2.05) is 7.05 Å². The quantitative estimate of drug-likeness (QED) is 0.909. The van der Waals surface area contributed by atoms with Gasteiger partial charge in [0.25, 0.3) is 0 Å². The summed E-state index contributed by atoms with van der Waals surface area (Å²) in [6.45, 7) is 0. The van der Waals surface area contributed by atoms with E-state index in [0.717, 1.165) is 18.4 Å². The fraction of sp³-hybridized carbons (Fsp3) is 0.625. The van der Waals surface area contributed by atoms with Crippen molar-refractivity contribution >= 4 is 0 Å². The number of nitrogens with one attached hydrogen (secondary N) is 1. The van der Waals surface area contributed by atoms with E-state index in [2.05, 4.69) is 24.3 Å². The molecule has 0 radical (unpaired) electrons. The second-order valence-electron chi connectivity index (χ2n) is 5.95. The van der Waals surface area contributed by atoms with Gasteiger partial charge in [0, 0.05) is 5.54 Å². The van der Waals surface area contributed by atoms with Crippen LogP contribution < -0.4 is 5.32 Å². The zero-order valence-corrected chi connectivity index (χ0v) is 12.5. The van der Waals surface area contributed by atoms with Crippen molar-refractivity contribution in [3.8, 4) is 0 Å². The number of hydrogen-bond acceptors (Lipinski definition) is 2. The number of rotatable bonds is 4. The van der Waals surface area contributed by atoms with Gasteiger partial charge in [0.2, 0.25) is 0 Å². The molecule has 1 atom stereocenters. The van der Waals surface area contributed by atoms with Crippen molar-refractivity contribution < 1.29 is 8.78 Å². The Balaban J connectivity index is 2.39. The smallest absolute Gasteiger partial charge is 0.159 e. The number of benzene rings is 1. The average Bonchev–Trinajstić information content (AvgIpc) is 2.44. The van der Waals surface area contributed by atoms with Crippen molar-refractivity contribution in [1.29, 1.82) is 0 Å². The van der Waals surface area contributed by atoms with Crippen LogP contribution in [-0.2, 0) is 0 Å². The summed E-state index contributed by atoms with van der Waals surface area (Å²) in [6.07, 6.45) is 5.76. The first kappa shape index (κ1) is 15.4. The highest BCUT2D eigenvalue weighted by Crippen LogP contribution is 2.42. The van der Waals surface area contributed by atoms with E-state index in [1.54, 1.807) is 6.07 Å². The molecule has 0 spiro atoms. The second-order valence-corrected chi connectivity index (χ2v) is 5.95. The molecule has 1 aromatic rings. The SMILES string of the molecule is CNC(c1ccc(F)c(F)c1)C1(N(C)C)CCCCC1. The monoisotopic (exact) mass is 282 g/mol. The van der Waals surface area contributed by atoms with E-state index in [4.69, 9.17) is 0 Å². The number of nitrogens with zero attached hydrogens (tertiary/aromatic N) is 1. The molecule has 1 aromatic carbocycles. The minimum Gasteiger partial charge on any atom is -0.311 e. The van der Waals surface area contributed by atoms with Crippen molar-refractivity contribution in [2.75, 3.05) is 21.1 Å². The maximum absolute atomic E-state index is 13.6. The summed E-state index contributed by atoms with van der Waals surface area (Å²) in [7, 11) is 6.05. The lowest BCUT2D eigenvalue weighted by Crippen LogP contribution is -2.54. The molecule has 1 saturated carbocycles. The summed E-state index contributed by atoms with van der Waals surface area (Å²) in [5.41, 5.74) is 0.791. The van der Waals surface area contributed by atoms with Gasteiger partial charge in [0.15, 0.2) is 11.6 Å².